The second-order valence-corrected chi connectivity index (χ2v) is 16.5. The highest BCUT2D eigenvalue weighted by atomic mass is 15.1. The van der Waals surface area contributed by atoms with Crippen molar-refractivity contribution in [1.82, 2.24) is 4.57 Å². The van der Waals surface area contributed by atoms with Gasteiger partial charge in [-0.3, -0.25) is 0 Å². The molecule has 0 bridgehead atoms. The molecule has 12 rings (SSSR count). The second kappa shape index (κ2) is 12.8. The number of fused-ring (bicyclic) bond motifs is 12. The minimum atomic E-state index is -0.0947. The van der Waals surface area contributed by atoms with Crippen LogP contribution < -0.4 is 4.90 Å². The lowest BCUT2D eigenvalue weighted by atomic mass is 9.82. The molecule has 0 atom stereocenters. The first-order valence-corrected chi connectivity index (χ1v) is 20.6. The lowest BCUT2D eigenvalue weighted by Crippen LogP contribution is -2.16. The van der Waals surface area contributed by atoms with Gasteiger partial charge in [0.05, 0.1) is 16.7 Å². The van der Waals surface area contributed by atoms with Crippen LogP contribution in [0.5, 0.6) is 0 Å². The fourth-order valence-corrected chi connectivity index (χ4v) is 10.2. The summed E-state index contributed by atoms with van der Waals surface area (Å²) in [6.07, 6.45) is 0. The van der Waals surface area contributed by atoms with Gasteiger partial charge in [0.2, 0.25) is 0 Å². The molecule has 0 spiro atoms. The first kappa shape index (κ1) is 33.7. The van der Waals surface area contributed by atoms with Gasteiger partial charge in [-0.25, -0.2) is 0 Å². The van der Waals surface area contributed by atoms with Gasteiger partial charge >= 0.3 is 0 Å². The average molecular weight is 753 g/mol. The van der Waals surface area contributed by atoms with Gasteiger partial charge in [-0.1, -0.05) is 172 Å². The number of nitrogens with zero attached hydrogens (tertiary/aromatic N) is 2. The van der Waals surface area contributed by atoms with E-state index in [0.717, 1.165) is 17.1 Å². The van der Waals surface area contributed by atoms with Crippen LogP contribution in [0.2, 0.25) is 0 Å². The molecule has 10 aromatic carbocycles. The van der Waals surface area contributed by atoms with Crippen molar-refractivity contribution in [2.45, 2.75) is 19.3 Å². The molecular weight excluding hydrogens is 713 g/mol. The van der Waals surface area contributed by atoms with E-state index in [4.69, 9.17) is 0 Å². The molecule has 11 aromatic rings. The predicted octanol–water partition coefficient (Wildman–Crippen LogP) is 15.7. The smallest absolute Gasteiger partial charge is 0.0625 e. The van der Waals surface area contributed by atoms with Crippen LogP contribution in [0, 0.1) is 0 Å². The summed E-state index contributed by atoms with van der Waals surface area (Å²) in [6.45, 7) is 4.71. The van der Waals surface area contributed by atoms with Gasteiger partial charge in [0.25, 0.3) is 0 Å². The fourth-order valence-electron chi connectivity index (χ4n) is 10.2. The maximum absolute atomic E-state index is 2.46. The van der Waals surface area contributed by atoms with E-state index in [1.54, 1.807) is 0 Å². The second-order valence-electron chi connectivity index (χ2n) is 16.5. The Morgan fingerprint density at radius 3 is 1.75 bits per heavy atom. The van der Waals surface area contributed by atoms with Gasteiger partial charge in [-0.2, -0.15) is 0 Å². The van der Waals surface area contributed by atoms with E-state index >= 15 is 0 Å². The van der Waals surface area contributed by atoms with Crippen LogP contribution in [0.1, 0.15) is 25.0 Å². The van der Waals surface area contributed by atoms with E-state index < -0.39 is 0 Å². The number of aromatic nitrogens is 1. The standard InChI is InChI=1S/C57H40N2/c1-57(2)51-23-11-9-19-46(51)47-35-34-42(36-52(47)57)58(53-25-13-15-39-14-3-4-16-43(39)53)40-30-26-37(27-31-40)38-28-32-41(33-29-38)59-54-24-12-10-22-50(54)55-48-20-7-5-17-44(48)45-18-6-8-21-49(45)56(55)59/h3-36H,1-2H3. The molecule has 0 N–H and O–H groups in total. The minimum absolute atomic E-state index is 0.0947. The molecule has 0 fully saturated rings. The molecule has 0 aliphatic heterocycles. The maximum Gasteiger partial charge on any atom is 0.0625 e. The highest BCUT2D eigenvalue weighted by molar-refractivity contribution is 6.32. The summed E-state index contributed by atoms with van der Waals surface area (Å²) >= 11 is 0. The van der Waals surface area contributed by atoms with Crippen molar-refractivity contribution in [3.8, 4) is 27.9 Å². The highest BCUT2D eigenvalue weighted by Gasteiger charge is 2.35. The molecule has 0 amide bonds. The Kier molecular flexibility index (Phi) is 7.31. The third-order valence-electron chi connectivity index (χ3n) is 13.0. The molecule has 2 nitrogen and oxygen atoms in total. The van der Waals surface area contributed by atoms with Gasteiger partial charge in [0, 0.05) is 44.0 Å². The van der Waals surface area contributed by atoms with Crippen LogP contribution in [0.3, 0.4) is 0 Å². The molecule has 1 aliphatic rings. The summed E-state index contributed by atoms with van der Waals surface area (Å²) in [5.74, 6) is 0. The first-order chi connectivity index (χ1) is 29.0. The number of para-hydroxylation sites is 1. The van der Waals surface area contributed by atoms with Crippen LogP contribution in [0.15, 0.2) is 206 Å². The lowest BCUT2D eigenvalue weighted by molar-refractivity contribution is 0.660. The van der Waals surface area contributed by atoms with E-state index in [9.17, 15) is 0 Å². The Hall–Kier alpha value is -7.42. The van der Waals surface area contributed by atoms with Crippen molar-refractivity contribution in [2.24, 2.45) is 0 Å². The SMILES string of the molecule is CC1(C)c2ccccc2-c2ccc(N(c3ccc(-c4ccc(-n5c6ccccc6c6c7ccccc7c7ccccc7c65)cc4)cc3)c3cccc4ccccc34)cc21. The monoisotopic (exact) mass is 752 g/mol. The summed E-state index contributed by atoms with van der Waals surface area (Å²) in [5.41, 5.74) is 14.8. The van der Waals surface area contributed by atoms with Gasteiger partial charge in [-0.15, -0.1) is 0 Å². The summed E-state index contributed by atoms with van der Waals surface area (Å²) < 4.78 is 2.46. The molecular formula is C57H40N2. The predicted molar refractivity (Wildman–Crippen MR) is 251 cm³/mol. The van der Waals surface area contributed by atoms with Crippen LogP contribution in [-0.4, -0.2) is 4.57 Å². The Bertz CT molecular complexity index is 3450. The molecule has 0 unspecified atom stereocenters. The van der Waals surface area contributed by atoms with E-state index in [1.165, 1.54) is 93.2 Å². The molecule has 59 heavy (non-hydrogen) atoms. The highest BCUT2D eigenvalue weighted by Crippen LogP contribution is 2.51. The minimum Gasteiger partial charge on any atom is -0.310 e. The van der Waals surface area contributed by atoms with Crippen LogP contribution in [0.25, 0.3) is 82.1 Å². The Morgan fingerprint density at radius 1 is 0.407 bits per heavy atom. The maximum atomic E-state index is 2.46. The number of rotatable bonds is 5. The Morgan fingerprint density at radius 2 is 0.966 bits per heavy atom. The molecule has 1 heterocycles. The van der Waals surface area contributed by atoms with E-state index in [1.807, 2.05) is 0 Å². The molecule has 0 saturated heterocycles. The molecule has 1 aromatic heterocycles. The fraction of sp³-hybridized carbons (Fsp3) is 0.0526. The zero-order valence-corrected chi connectivity index (χ0v) is 33.0. The van der Waals surface area contributed by atoms with Crippen molar-refractivity contribution in [1.29, 1.82) is 0 Å². The van der Waals surface area contributed by atoms with Crippen molar-refractivity contribution >= 4 is 71.2 Å². The van der Waals surface area contributed by atoms with E-state index in [-0.39, 0.29) is 5.41 Å². The van der Waals surface area contributed by atoms with Crippen molar-refractivity contribution < 1.29 is 0 Å². The summed E-state index contributed by atoms with van der Waals surface area (Å²) in [4.78, 5) is 2.44. The summed E-state index contributed by atoms with van der Waals surface area (Å²) in [6, 6.07) is 76.0. The first-order valence-electron chi connectivity index (χ1n) is 20.6. The van der Waals surface area contributed by atoms with E-state index in [2.05, 4.69) is 230 Å². The topological polar surface area (TPSA) is 8.17 Å². The molecule has 278 valence electrons. The lowest BCUT2D eigenvalue weighted by Gasteiger charge is -2.29. The summed E-state index contributed by atoms with van der Waals surface area (Å²) in [5, 5.41) is 10.2. The van der Waals surface area contributed by atoms with Crippen molar-refractivity contribution in [3.05, 3.63) is 217 Å². The number of anilines is 3. The number of hydrogen-bond acceptors (Lipinski definition) is 1. The normalized spacial score (nSPS) is 13.1. The quantitative estimate of drug-likeness (QED) is 0.159. The van der Waals surface area contributed by atoms with Gasteiger partial charge < -0.3 is 9.47 Å². The summed E-state index contributed by atoms with van der Waals surface area (Å²) in [7, 11) is 0. The van der Waals surface area contributed by atoms with Crippen molar-refractivity contribution in [2.75, 3.05) is 4.90 Å². The average Bonchev–Trinajstić information content (AvgIpc) is 3.76. The van der Waals surface area contributed by atoms with Gasteiger partial charge in [0.1, 0.15) is 0 Å². The third kappa shape index (κ3) is 5.00. The largest absolute Gasteiger partial charge is 0.310 e. The third-order valence-corrected chi connectivity index (χ3v) is 13.0. The number of hydrogen-bond donors (Lipinski definition) is 0. The molecule has 1 aliphatic carbocycles. The van der Waals surface area contributed by atoms with Crippen LogP contribution in [-0.2, 0) is 5.41 Å². The molecule has 0 radical (unpaired) electrons. The van der Waals surface area contributed by atoms with Crippen LogP contribution >= 0.6 is 0 Å². The van der Waals surface area contributed by atoms with E-state index in [0.29, 0.717) is 0 Å². The number of benzene rings is 10. The molecule has 0 saturated carbocycles. The van der Waals surface area contributed by atoms with Crippen LogP contribution in [0.4, 0.5) is 17.1 Å². The zero-order valence-electron chi connectivity index (χ0n) is 33.0. The zero-order chi connectivity index (χ0) is 39.2. The van der Waals surface area contributed by atoms with Crippen molar-refractivity contribution in [3.63, 3.8) is 0 Å². The van der Waals surface area contributed by atoms with Gasteiger partial charge in [-0.05, 0) is 103 Å². The molecule has 2 heteroatoms. The van der Waals surface area contributed by atoms with Gasteiger partial charge in [0.15, 0.2) is 0 Å². The Balaban J connectivity index is 0.968. The Labute approximate surface area is 343 Å².